The minimum Gasteiger partial charge on any atom is -0.409 e. The smallest absolute Gasteiger partial charge is 0.139 e. The van der Waals surface area contributed by atoms with Crippen LogP contribution < -0.4 is 11.1 Å². The topological polar surface area (TPSA) is 70.6 Å². The van der Waals surface area contributed by atoms with E-state index in [4.69, 9.17) is 10.9 Å². The summed E-state index contributed by atoms with van der Waals surface area (Å²) in [7, 11) is 0. The Kier molecular flexibility index (Phi) is 3.99. The first-order valence-electron chi connectivity index (χ1n) is 6.12. The Balaban J connectivity index is 2.01. The molecule has 1 aromatic carbocycles. The van der Waals surface area contributed by atoms with Gasteiger partial charge in [0.05, 0.1) is 4.47 Å². The second-order valence-electron chi connectivity index (χ2n) is 5.20. The van der Waals surface area contributed by atoms with Crippen LogP contribution in [0.4, 0.5) is 10.1 Å². The number of hydrogen-bond donors (Lipinski definition) is 3. The summed E-state index contributed by atoms with van der Waals surface area (Å²) in [6.45, 7) is 2.63. The molecule has 0 amide bonds. The normalized spacial score (nSPS) is 17.3. The number of hydrogen-bond acceptors (Lipinski definition) is 3. The molecule has 0 aliphatic heterocycles. The Bertz CT molecular complexity index is 515. The number of rotatable bonds is 5. The molecule has 0 heterocycles. The molecule has 4 N–H and O–H groups in total. The highest BCUT2D eigenvalue weighted by molar-refractivity contribution is 9.10. The van der Waals surface area contributed by atoms with E-state index in [0.717, 1.165) is 24.1 Å². The first-order valence-corrected chi connectivity index (χ1v) is 6.91. The van der Waals surface area contributed by atoms with Gasteiger partial charge in [0.15, 0.2) is 0 Å². The Morgan fingerprint density at radius 3 is 2.84 bits per heavy atom. The zero-order chi connectivity index (χ0) is 14.0. The summed E-state index contributed by atoms with van der Waals surface area (Å²) in [6.07, 6.45) is 2.64. The Labute approximate surface area is 120 Å². The SMILES string of the molecule is Cc1cc(Br)c(F)cc1NCC1(C/C(N)=N/O)CC1. The van der Waals surface area contributed by atoms with Crippen molar-refractivity contribution in [3.05, 3.63) is 28.0 Å². The lowest BCUT2D eigenvalue weighted by Crippen LogP contribution is -2.24. The van der Waals surface area contributed by atoms with Gasteiger partial charge in [-0.2, -0.15) is 0 Å². The molecule has 0 saturated heterocycles. The molecule has 0 unspecified atom stereocenters. The van der Waals surface area contributed by atoms with Gasteiger partial charge in [-0.1, -0.05) is 5.16 Å². The molecule has 1 fully saturated rings. The van der Waals surface area contributed by atoms with E-state index in [1.54, 1.807) is 6.07 Å². The first kappa shape index (κ1) is 14.1. The molecule has 1 aliphatic rings. The van der Waals surface area contributed by atoms with Crippen molar-refractivity contribution in [2.45, 2.75) is 26.2 Å². The lowest BCUT2D eigenvalue weighted by molar-refractivity contribution is 0.315. The van der Waals surface area contributed by atoms with Crippen LogP contribution >= 0.6 is 15.9 Å². The maximum atomic E-state index is 13.5. The molecular formula is C13H17BrFN3O. The second kappa shape index (κ2) is 5.36. The average Bonchev–Trinajstić information content (AvgIpc) is 3.12. The molecule has 104 valence electrons. The van der Waals surface area contributed by atoms with Gasteiger partial charge in [0.2, 0.25) is 0 Å². The third kappa shape index (κ3) is 3.37. The van der Waals surface area contributed by atoms with Crippen LogP contribution in [-0.4, -0.2) is 17.6 Å². The summed E-state index contributed by atoms with van der Waals surface area (Å²) in [4.78, 5) is 0. The highest BCUT2D eigenvalue weighted by atomic mass is 79.9. The van der Waals surface area contributed by atoms with Crippen molar-refractivity contribution in [3.63, 3.8) is 0 Å². The van der Waals surface area contributed by atoms with E-state index in [1.807, 2.05) is 6.92 Å². The van der Waals surface area contributed by atoms with E-state index in [9.17, 15) is 4.39 Å². The lowest BCUT2D eigenvalue weighted by atomic mass is 10.0. The largest absolute Gasteiger partial charge is 0.409 e. The van der Waals surface area contributed by atoms with Crippen LogP contribution in [0.15, 0.2) is 21.8 Å². The van der Waals surface area contributed by atoms with Gasteiger partial charge in [0, 0.05) is 18.7 Å². The predicted molar refractivity (Wildman–Crippen MR) is 77.0 cm³/mol. The molecule has 1 aromatic rings. The van der Waals surface area contributed by atoms with Crippen molar-refractivity contribution in [1.29, 1.82) is 0 Å². The number of nitrogens with two attached hydrogens (primary N) is 1. The molecule has 2 rings (SSSR count). The number of halogens is 2. The molecule has 0 bridgehead atoms. The van der Waals surface area contributed by atoms with E-state index >= 15 is 0 Å². The second-order valence-corrected chi connectivity index (χ2v) is 6.06. The summed E-state index contributed by atoms with van der Waals surface area (Å²) in [5.74, 6) is -0.0348. The summed E-state index contributed by atoms with van der Waals surface area (Å²) in [6, 6.07) is 3.24. The lowest BCUT2D eigenvalue weighted by Gasteiger charge is -2.17. The summed E-state index contributed by atoms with van der Waals surface area (Å²) < 4.78 is 14.0. The van der Waals surface area contributed by atoms with Gasteiger partial charge in [0.25, 0.3) is 0 Å². The number of benzene rings is 1. The predicted octanol–water partition coefficient (Wildman–Crippen LogP) is 3.23. The zero-order valence-electron chi connectivity index (χ0n) is 10.7. The monoisotopic (exact) mass is 329 g/mol. The van der Waals surface area contributed by atoms with Gasteiger partial charge in [-0.05, 0) is 58.8 Å². The zero-order valence-corrected chi connectivity index (χ0v) is 12.3. The highest BCUT2D eigenvalue weighted by Gasteiger charge is 2.43. The molecule has 1 aliphatic carbocycles. The molecular weight excluding hydrogens is 313 g/mol. The molecule has 0 spiro atoms. The molecule has 0 aromatic heterocycles. The van der Waals surface area contributed by atoms with Gasteiger partial charge in [-0.25, -0.2) is 4.39 Å². The molecule has 6 heteroatoms. The minimum absolute atomic E-state index is 0.0479. The van der Waals surface area contributed by atoms with Crippen LogP contribution in [0.3, 0.4) is 0 Å². The van der Waals surface area contributed by atoms with Gasteiger partial charge in [-0.3, -0.25) is 0 Å². The van der Waals surface area contributed by atoms with Crippen molar-refractivity contribution in [3.8, 4) is 0 Å². The van der Waals surface area contributed by atoms with E-state index in [-0.39, 0.29) is 17.1 Å². The Morgan fingerprint density at radius 2 is 2.26 bits per heavy atom. The fraction of sp³-hybridized carbons (Fsp3) is 0.462. The van der Waals surface area contributed by atoms with Crippen molar-refractivity contribution in [2.75, 3.05) is 11.9 Å². The molecule has 1 saturated carbocycles. The van der Waals surface area contributed by atoms with E-state index < -0.39 is 0 Å². The van der Waals surface area contributed by atoms with Crippen molar-refractivity contribution in [2.24, 2.45) is 16.3 Å². The fourth-order valence-corrected chi connectivity index (χ4v) is 2.59. The van der Waals surface area contributed by atoms with Gasteiger partial charge in [-0.15, -0.1) is 0 Å². The number of aryl methyl sites for hydroxylation is 1. The van der Waals surface area contributed by atoms with Gasteiger partial charge in [0.1, 0.15) is 11.7 Å². The van der Waals surface area contributed by atoms with Gasteiger partial charge < -0.3 is 16.3 Å². The van der Waals surface area contributed by atoms with Crippen LogP contribution in [0.1, 0.15) is 24.8 Å². The third-order valence-electron chi connectivity index (χ3n) is 3.56. The van der Waals surface area contributed by atoms with Crippen molar-refractivity contribution < 1.29 is 9.60 Å². The number of anilines is 1. The molecule has 0 radical (unpaired) electrons. The molecule has 0 atom stereocenters. The third-order valence-corrected chi connectivity index (χ3v) is 4.17. The standard InChI is InChI=1S/C13H17BrFN3O/c1-8-4-9(14)10(15)5-11(8)17-7-13(2-3-13)6-12(16)18-19/h4-5,17,19H,2-3,6-7H2,1H3,(H2,16,18). The average molecular weight is 330 g/mol. The number of amidine groups is 1. The maximum absolute atomic E-state index is 13.5. The van der Waals surface area contributed by atoms with Crippen LogP contribution in [0.25, 0.3) is 0 Å². The minimum atomic E-state index is -0.283. The van der Waals surface area contributed by atoms with Crippen LogP contribution in [0.5, 0.6) is 0 Å². The molecule has 19 heavy (non-hydrogen) atoms. The maximum Gasteiger partial charge on any atom is 0.139 e. The number of nitrogens with zero attached hydrogens (tertiary/aromatic N) is 1. The van der Waals surface area contributed by atoms with Crippen molar-refractivity contribution >= 4 is 27.5 Å². The van der Waals surface area contributed by atoms with E-state index in [0.29, 0.717) is 17.4 Å². The van der Waals surface area contributed by atoms with Crippen LogP contribution in [0, 0.1) is 18.2 Å². The number of nitrogens with one attached hydrogen (secondary N) is 1. The quantitative estimate of drug-likeness (QED) is 0.336. The molecule has 4 nitrogen and oxygen atoms in total. The summed E-state index contributed by atoms with van der Waals surface area (Å²) in [5, 5.41) is 14.9. The fourth-order valence-electron chi connectivity index (χ4n) is 2.13. The summed E-state index contributed by atoms with van der Waals surface area (Å²) >= 11 is 3.16. The number of oxime groups is 1. The van der Waals surface area contributed by atoms with Crippen LogP contribution in [0.2, 0.25) is 0 Å². The van der Waals surface area contributed by atoms with Gasteiger partial charge >= 0.3 is 0 Å². The van der Waals surface area contributed by atoms with Crippen LogP contribution in [-0.2, 0) is 0 Å². The Hall–Kier alpha value is -1.30. The first-order chi connectivity index (χ1) is 8.96. The van der Waals surface area contributed by atoms with Crippen molar-refractivity contribution in [1.82, 2.24) is 0 Å². The Morgan fingerprint density at radius 1 is 1.58 bits per heavy atom. The highest BCUT2D eigenvalue weighted by Crippen LogP contribution is 2.48. The van der Waals surface area contributed by atoms with E-state index in [1.165, 1.54) is 6.07 Å². The van der Waals surface area contributed by atoms with E-state index in [2.05, 4.69) is 26.4 Å². The summed E-state index contributed by atoms with van der Waals surface area (Å²) in [5.41, 5.74) is 7.36.